The summed E-state index contributed by atoms with van der Waals surface area (Å²) in [7, 11) is -4.20. The van der Waals surface area contributed by atoms with Crippen LogP contribution in [0.15, 0.2) is 96.4 Å². The van der Waals surface area contributed by atoms with E-state index in [0.29, 0.717) is 17.8 Å². The summed E-state index contributed by atoms with van der Waals surface area (Å²) in [5, 5.41) is 12.7. The van der Waals surface area contributed by atoms with Crippen molar-refractivity contribution in [2.75, 3.05) is 11.4 Å². The second kappa shape index (κ2) is 12.7. The number of carbonyl (C=O) groups excluding carboxylic acids is 2. The molecular weight excluding hydrogens is 516 g/mol. The Bertz CT molecular complexity index is 1520. The molecule has 0 fully saturated rings. The number of nitrogens with zero attached hydrogens (tertiary/aromatic N) is 5. The van der Waals surface area contributed by atoms with Gasteiger partial charge >= 0.3 is 0 Å². The largest absolute Gasteiger partial charge is 0.312 e. The summed E-state index contributed by atoms with van der Waals surface area (Å²) in [4.78, 5) is 28.6. The number of benzene rings is 3. The van der Waals surface area contributed by atoms with E-state index in [1.807, 2.05) is 41.1 Å². The topological polar surface area (TPSA) is 127 Å². The van der Waals surface area contributed by atoms with Crippen LogP contribution < -0.4 is 9.62 Å². The van der Waals surface area contributed by atoms with Crippen LogP contribution in [0.1, 0.15) is 23.9 Å². The van der Waals surface area contributed by atoms with Gasteiger partial charge in [0, 0.05) is 18.7 Å². The van der Waals surface area contributed by atoms with E-state index in [0.717, 1.165) is 11.0 Å². The summed E-state index contributed by atoms with van der Waals surface area (Å²) < 4.78 is 29.1. The molecule has 1 aromatic heterocycles. The maximum Gasteiger partial charge on any atom is 0.257 e. The molecular formula is C28H28N6O4S. The minimum atomic E-state index is -4.20. The zero-order chi connectivity index (χ0) is 27.7. The Morgan fingerprint density at radius 2 is 1.56 bits per heavy atom. The molecule has 1 heterocycles. The monoisotopic (exact) mass is 544 g/mol. The summed E-state index contributed by atoms with van der Waals surface area (Å²) in [5.74, 6) is -2.68. The van der Waals surface area contributed by atoms with Crippen LogP contribution in [0.2, 0.25) is 0 Å². The van der Waals surface area contributed by atoms with Crippen LogP contribution in [0.3, 0.4) is 0 Å². The second-order valence-corrected chi connectivity index (χ2v) is 10.2. The van der Waals surface area contributed by atoms with Gasteiger partial charge in [0.05, 0.1) is 12.0 Å². The molecule has 200 valence electrons. The van der Waals surface area contributed by atoms with Crippen molar-refractivity contribution in [3.63, 3.8) is 0 Å². The van der Waals surface area contributed by atoms with Gasteiger partial charge < -0.3 is 4.90 Å². The molecule has 1 N–H and O–H groups in total. The highest BCUT2D eigenvalue weighted by molar-refractivity contribution is 7.93. The number of sulfonamides is 1. The third-order valence-corrected chi connectivity index (χ3v) is 6.89. The molecule has 0 bridgehead atoms. The molecule has 4 aromatic rings. The average molecular weight is 545 g/mol. The summed E-state index contributed by atoms with van der Waals surface area (Å²) in [6.45, 7) is 2.36. The number of carbonyl (C=O) groups is 2. The molecule has 11 heteroatoms. The van der Waals surface area contributed by atoms with Crippen molar-refractivity contribution in [1.82, 2.24) is 24.9 Å². The van der Waals surface area contributed by atoms with Crippen molar-refractivity contribution in [3.8, 4) is 0 Å². The van der Waals surface area contributed by atoms with Gasteiger partial charge in [-0.3, -0.25) is 9.59 Å². The number of tetrazole rings is 1. The molecule has 0 aliphatic rings. The Morgan fingerprint density at radius 1 is 0.949 bits per heavy atom. The minimum absolute atomic E-state index is 0.203. The summed E-state index contributed by atoms with van der Waals surface area (Å²) in [6, 6.07) is 27.1. The van der Waals surface area contributed by atoms with Crippen molar-refractivity contribution >= 4 is 33.6 Å². The van der Waals surface area contributed by atoms with Crippen molar-refractivity contribution in [2.45, 2.75) is 19.9 Å². The third-order valence-electron chi connectivity index (χ3n) is 5.91. The lowest BCUT2D eigenvalue weighted by atomic mass is 10.0. The van der Waals surface area contributed by atoms with Gasteiger partial charge in [0.1, 0.15) is 5.92 Å². The lowest BCUT2D eigenvalue weighted by Gasteiger charge is -2.25. The zero-order valence-corrected chi connectivity index (χ0v) is 22.1. The zero-order valence-electron chi connectivity index (χ0n) is 21.3. The highest BCUT2D eigenvalue weighted by Crippen LogP contribution is 2.19. The first-order valence-electron chi connectivity index (χ1n) is 12.3. The number of amides is 2. The number of nitrogens with one attached hydrogen (secondary N) is 1. The van der Waals surface area contributed by atoms with E-state index in [9.17, 15) is 18.0 Å². The number of aromatic nitrogens is 4. The van der Waals surface area contributed by atoms with Gasteiger partial charge in [-0.25, -0.2) is 17.8 Å². The van der Waals surface area contributed by atoms with Gasteiger partial charge in [0.25, 0.3) is 10.0 Å². The first-order valence-corrected chi connectivity index (χ1v) is 13.9. The average Bonchev–Trinajstić information content (AvgIpc) is 3.38. The van der Waals surface area contributed by atoms with Gasteiger partial charge in [0.15, 0.2) is 5.82 Å². The molecule has 0 radical (unpaired) electrons. The molecule has 3 aromatic carbocycles. The summed E-state index contributed by atoms with van der Waals surface area (Å²) in [5.41, 5.74) is 2.15. The fourth-order valence-electron chi connectivity index (χ4n) is 3.96. The Morgan fingerprint density at radius 3 is 2.21 bits per heavy atom. The highest BCUT2D eigenvalue weighted by Gasteiger charge is 2.34. The standard InChI is InChI=1S/C28H28N6O4S/c1-2-33(24-16-10-5-11-17-24)28(36)25(20-26-29-31-32-34(26)21-23-14-8-4-9-15-23)27(35)30-39(37,38)19-18-22-12-6-3-7-13-22/h3-19,25H,2,20-21H2,1H3,(H,30,35). The SMILES string of the molecule is CCN(C(=O)C(Cc1nnnn1Cc1ccccc1)C(=O)NS(=O)(=O)C=Cc1ccccc1)c1ccccc1. The first-order chi connectivity index (χ1) is 18.9. The van der Waals surface area contributed by atoms with E-state index < -0.39 is 27.8 Å². The Labute approximate surface area is 227 Å². The van der Waals surface area contributed by atoms with E-state index in [1.54, 1.807) is 61.5 Å². The molecule has 39 heavy (non-hydrogen) atoms. The predicted octanol–water partition coefficient (Wildman–Crippen LogP) is 3.05. The fraction of sp³-hybridized carbons (Fsp3) is 0.179. The van der Waals surface area contributed by atoms with E-state index in [2.05, 4.69) is 15.5 Å². The van der Waals surface area contributed by atoms with Crippen LogP contribution in [-0.4, -0.2) is 47.0 Å². The minimum Gasteiger partial charge on any atom is -0.312 e. The molecule has 1 atom stereocenters. The number of para-hydroxylation sites is 1. The molecule has 0 aliphatic carbocycles. The number of rotatable bonds is 11. The number of hydrogen-bond donors (Lipinski definition) is 1. The molecule has 0 aliphatic heterocycles. The second-order valence-electron chi connectivity index (χ2n) is 8.64. The molecule has 1 unspecified atom stereocenters. The van der Waals surface area contributed by atoms with Crippen molar-refractivity contribution in [1.29, 1.82) is 0 Å². The molecule has 0 saturated heterocycles. The molecule has 0 spiro atoms. The van der Waals surface area contributed by atoms with Crippen LogP contribution in [0, 0.1) is 5.92 Å². The fourth-order valence-corrected chi connectivity index (χ4v) is 4.79. The number of hydrogen-bond acceptors (Lipinski definition) is 7. The van der Waals surface area contributed by atoms with Crippen molar-refractivity contribution in [2.24, 2.45) is 5.92 Å². The summed E-state index contributed by atoms with van der Waals surface area (Å²) >= 11 is 0. The lowest BCUT2D eigenvalue weighted by Crippen LogP contribution is -2.46. The highest BCUT2D eigenvalue weighted by atomic mass is 32.2. The van der Waals surface area contributed by atoms with Crippen molar-refractivity contribution in [3.05, 3.63) is 113 Å². The third kappa shape index (κ3) is 7.45. The Kier molecular flexibility index (Phi) is 8.95. The Balaban J connectivity index is 1.62. The summed E-state index contributed by atoms with van der Waals surface area (Å²) in [6.07, 6.45) is 1.17. The molecule has 4 rings (SSSR count). The normalized spacial score (nSPS) is 12.2. The smallest absolute Gasteiger partial charge is 0.257 e. The Hall–Kier alpha value is -4.64. The van der Waals surface area contributed by atoms with Gasteiger partial charge in [0.2, 0.25) is 11.8 Å². The van der Waals surface area contributed by atoms with Gasteiger partial charge in [-0.15, -0.1) is 5.10 Å². The van der Waals surface area contributed by atoms with E-state index in [-0.39, 0.29) is 18.8 Å². The van der Waals surface area contributed by atoms with Crippen molar-refractivity contribution < 1.29 is 18.0 Å². The first kappa shape index (κ1) is 27.4. The van der Waals surface area contributed by atoms with Gasteiger partial charge in [-0.05, 0) is 46.7 Å². The van der Waals surface area contributed by atoms with Gasteiger partial charge in [-0.1, -0.05) is 78.9 Å². The van der Waals surface area contributed by atoms with Crippen LogP contribution >= 0.6 is 0 Å². The quantitative estimate of drug-likeness (QED) is 0.288. The van der Waals surface area contributed by atoms with Crippen LogP contribution in [0.25, 0.3) is 6.08 Å². The van der Waals surface area contributed by atoms with Gasteiger partial charge in [-0.2, -0.15) is 0 Å². The van der Waals surface area contributed by atoms with Crippen LogP contribution in [0.4, 0.5) is 5.69 Å². The maximum atomic E-state index is 13.8. The lowest BCUT2D eigenvalue weighted by molar-refractivity contribution is -0.132. The van der Waals surface area contributed by atoms with E-state index in [1.165, 1.54) is 15.7 Å². The van der Waals surface area contributed by atoms with Crippen LogP contribution in [0.5, 0.6) is 0 Å². The van der Waals surface area contributed by atoms with E-state index >= 15 is 0 Å². The molecule has 2 amide bonds. The predicted molar refractivity (Wildman–Crippen MR) is 148 cm³/mol. The van der Waals surface area contributed by atoms with E-state index in [4.69, 9.17) is 0 Å². The molecule has 0 saturated carbocycles. The molecule has 10 nitrogen and oxygen atoms in total. The van der Waals surface area contributed by atoms with Crippen LogP contribution in [-0.2, 0) is 32.6 Å². The maximum absolute atomic E-state index is 13.8. The number of anilines is 1.